The molecule has 1 aliphatic heterocycles. The number of aldehydes is 1. The minimum absolute atomic E-state index is 0.121. The lowest BCUT2D eigenvalue weighted by molar-refractivity contribution is -0.125. The molecule has 1 aliphatic rings. The Morgan fingerprint density at radius 1 is 1.48 bits per heavy atom. The third kappa shape index (κ3) is 3.80. The molecule has 0 fully saturated rings. The maximum atomic E-state index is 12.1. The number of hydrogen-bond donors (Lipinski definition) is 1. The zero-order chi connectivity index (χ0) is 16.8. The fourth-order valence-corrected chi connectivity index (χ4v) is 2.30. The van der Waals surface area contributed by atoms with Crippen molar-refractivity contribution in [3.05, 3.63) is 17.7 Å². The van der Waals surface area contributed by atoms with E-state index in [0.717, 1.165) is 12.8 Å². The Kier molecular flexibility index (Phi) is 5.56. The topological polar surface area (TPSA) is 84.9 Å². The number of rotatable bonds is 7. The molecule has 1 aromatic carbocycles. The first-order chi connectivity index (χ1) is 11.1. The number of hydrogen-bond acceptors (Lipinski definition) is 5. The SMILES string of the molecule is CCCCNC(=O)CN1C(=O)COc2c(OC)cc(C=O)cc21. The van der Waals surface area contributed by atoms with Gasteiger partial charge in [0.15, 0.2) is 18.1 Å². The molecule has 23 heavy (non-hydrogen) atoms. The Hall–Kier alpha value is -2.57. The number of methoxy groups -OCH3 is 1. The Bertz CT molecular complexity index is 615. The Labute approximate surface area is 134 Å². The summed E-state index contributed by atoms with van der Waals surface area (Å²) in [4.78, 5) is 36.5. The molecule has 7 heteroatoms. The van der Waals surface area contributed by atoms with Crippen molar-refractivity contribution in [2.75, 3.05) is 31.7 Å². The molecule has 7 nitrogen and oxygen atoms in total. The second-order valence-corrected chi connectivity index (χ2v) is 5.16. The zero-order valence-corrected chi connectivity index (χ0v) is 13.3. The van der Waals surface area contributed by atoms with E-state index in [4.69, 9.17) is 9.47 Å². The number of carbonyl (C=O) groups excluding carboxylic acids is 3. The Morgan fingerprint density at radius 2 is 2.26 bits per heavy atom. The average molecular weight is 320 g/mol. The summed E-state index contributed by atoms with van der Waals surface area (Å²) in [6.45, 7) is 2.30. The third-order valence-corrected chi connectivity index (χ3v) is 3.50. The summed E-state index contributed by atoms with van der Waals surface area (Å²) in [6.07, 6.45) is 2.50. The summed E-state index contributed by atoms with van der Waals surface area (Å²) in [7, 11) is 1.45. The van der Waals surface area contributed by atoms with E-state index >= 15 is 0 Å². The van der Waals surface area contributed by atoms with Gasteiger partial charge in [-0.2, -0.15) is 0 Å². The first kappa shape index (κ1) is 16.8. The largest absolute Gasteiger partial charge is 0.493 e. The van der Waals surface area contributed by atoms with Crippen LogP contribution in [-0.2, 0) is 9.59 Å². The number of anilines is 1. The maximum absolute atomic E-state index is 12.1. The molecule has 2 rings (SSSR count). The van der Waals surface area contributed by atoms with Crippen LogP contribution in [0.4, 0.5) is 5.69 Å². The molecule has 0 saturated carbocycles. The zero-order valence-electron chi connectivity index (χ0n) is 13.3. The highest BCUT2D eigenvalue weighted by atomic mass is 16.5. The fraction of sp³-hybridized carbons (Fsp3) is 0.438. The Morgan fingerprint density at radius 3 is 2.91 bits per heavy atom. The van der Waals surface area contributed by atoms with Gasteiger partial charge in [-0.05, 0) is 18.6 Å². The van der Waals surface area contributed by atoms with Crippen molar-refractivity contribution in [1.82, 2.24) is 5.32 Å². The summed E-state index contributed by atoms with van der Waals surface area (Å²) in [5.41, 5.74) is 0.712. The van der Waals surface area contributed by atoms with Crippen LogP contribution in [0.15, 0.2) is 12.1 Å². The van der Waals surface area contributed by atoms with Crippen LogP contribution in [0.3, 0.4) is 0 Å². The smallest absolute Gasteiger partial charge is 0.265 e. The van der Waals surface area contributed by atoms with Gasteiger partial charge in [0.05, 0.1) is 12.8 Å². The number of benzene rings is 1. The van der Waals surface area contributed by atoms with Crippen molar-refractivity contribution in [2.45, 2.75) is 19.8 Å². The summed E-state index contributed by atoms with van der Waals surface area (Å²) >= 11 is 0. The second-order valence-electron chi connectivity index (χ2n) is 5.16. The third-order valence-electron chi connectivity index (χ3n) is 3.50. The van der Waals surface area contributed by atoms with Gasteiger partial charge in [0.1, 0.15) is 12.8 Å². The number of carbonyl (C=O) groups is 3. The van der Waals surface area contributed by atoms with Crippen molar-refractivity contribution < 1.29 is 23.9 Å². The molecular formula is C16H20N2O5. The van der Waals surface area contributed by atoms with Gasteiger partial charge in [0, 0.05) is 12.1 Å². The van der Waals surface area contributed by atoms with Gasteiger partial charge >= 0.3 is 0 Å². The van der Waals surface area contributed by atoms with E-state index in [1.54, 1.807) is 0 Å². The van der Waals surface area contributed by atoms with E-state index < -0.39 is 0 Å². The lowest BCUT2D eigenvalue weighted by Crippen LogP contribution is -2.45. The molecule has 0 atom stereocenters. The highest BCUT2D eigenvalue weighted by Gasteiger charge is 2.30. The standard InChI is InChI=1S/C16H20N2O5/c1-3-4-5-17-14(20)8-18-12-6-11(9-19)7-13(22-2)16(12)23-10-15(18)21/h6-7,9H,3-5,8,10H2,1-2H3,(H,17,20). The van der Waals surface area contributed by atoms with E-state index in [1.807, 2.05) is 6.92 Å². The first-order valence-corrected chi connectivity index (χ1v) is 7.47. The van der Waals surface area contributed by atoms with E-state index in [9.17, 15) is 14.4 Å². The number of unbranched alkanes of at least 4 members (excludes halogenated alkanes) is 1. The monoisotopic (exact) mass is 320 g/mol. The summed E-state index contributed by atoms with van der Waals surface area (Å²) in [5.74, 6) is 0.121. The predicted octanol–water partition coefficient (Wildman–Crippen LogP) is 1.15. The number of fused-ring (bicyclic) bond motifs is 1. The average Bonchev–Trinajstić information content (AvgIpc) is 2.56. The van der Waals surface area contributed by atoms with Crippen molar-refractivity contribution in [1.29, 1.82) is 0 Å². The number of ether oxygens (including phenoxy) is 2. The molecular weight excluding hydrogens is 300 g/mol. The van der Waals surface area contributed by atoms with Crippen LogP contribution < -0.4 is 19.7 Å². The van der Waals surface area contributed by atoms with Crippen molar-refractivity contribution in [3.63, 3.8) is 0 Å². The highest BCUT2D eigenvalue weighted by molar-refractivity contribution is 6.03. The van der Waals surface area contributed by atoms with Crippen LogP contribution in [0.1, 0.15) is 30.1 Å². The number of amides is 2. The number of nitrogens with zero attached hydrogens (tertiary/aromatic N) is 1. The molecule has 0 aliphatic carbocycles. The molecule has 1 heterocycles. The van der Waals surface area contributed by atoms with Crippen LogP contribution in [0, 0.1) is 0 Å². The highest BCUT2D eigenvalue weighted by Crippen LogP contribution is 2.41. The van der Waals surface area contributed by atoms with Gasteiger partial charge in [-0.1, -0.05) is 13.3 Å². The quantitative estimate of drug-likeness (QED) is 0.602. The summed E-state index contributed by atoms with van der Waals surface area (Å²) < 4.78 is 10.6. The molecule has 0 bridgehead atoms. The van der Waals surface area contributed by atoms with E-state index in [0.29, 0.717) is 35.6 Å². The minimum atomic E-state index is -0.340. The molecule has 0 spiro atoms. The van der Waals surface area contributed by atoms with Gasteiger partial charge in [-0.3, -0.25) is 19.3 Å². The predicted molar refractivity (Wildman–Crippen MR) is 84.1 cm³/mol. The van der Waals surface area contributed by atoms with Crippen molar-refractivity contribution in [2.24, 2.45) is 0 Å². The van der Waals surface area contributed by atoms with E-state index in [1.165, 1.54) is 24.1 Å². The number of nitrogens with one attached hydrogen (secondary N) is 1. The van der Waals surface area contributed by atoms with Gasteiger partial charge in [0.2, 0.25) is 5.91 Å². The first-order valence-electron chi connectivity index (χ1n) is 7.47. The molecule has 1 aromatic rings. The lowest BCUT2D eigenvalue weighted by Gasteiger charge is -2.30. The summed E-state index contributed by atoms with van der Waals surface area (Å²) in [5, 5.41) is 2.77. The maximum Gasteiger partial charge on any atom is 0.265 e. The van der Waals surface area contributed by atoms with Crippen LogP contribution in [0.5, 0.6) is 11.5 Å². The van der Waals surface area contributed by atoms with E-state index in [-0.39, 0.29) is 25.0 Å². The van der Waals surface area contributed by atoms with Crippen LogP contribution >= 0.6 is 0 Å². The minimum Gasteiger partial charge on any atom is -0.493 e. The van der Waals surface area contributed by atoms with Gasteiger partial charge < -0.3 is 14.8 Å². The molecule has 0 radical (unpaired) electrons. The molecule has 0 aromatic heterocycles. The molecule has 0 unspecified atom stereocenters. The normalized spacial score (nSPS) is 13.1. The van der Waals surface area contributed by atoms with Gasteiger partial charge in [0.25, 0.3) is 5.91 Å². The van der Waals surface area contributed by atoms with Crippen LogP contribution in [0.2, 0.25) is 0 Å². The van der Waals surface area contributed by atoms with Gasteiger partial charge in [-0.25, -0.2) is 0 Å². The van der Waals surface area contributed by atoms with Gasteiger partial charge in [-0.15, -0.1) is 0 Å². The fourth-order valence-electron chi connectivity index (χ4n) is 2.30. The lowest BCUT2D eigenvalue weighted by atomic mass is 10.1. The van der Waals surface area contributed by atoms with Crippen LogP contribution in [0.25, 0.3) is 0 Å². The molecule has 0 saturated heterocycles. The molecule has 124 valence electrons. The van der Waals surface area contributed by atoms with E-state index in [2.05, 4.69) is 5.32 Å². The van der Waals surface area contributed by atoms with Crippen molar-refractivity contribution >= 4 is 23.8 Å². The summed E-state index contributed by atoms with van der Waals surface area (Å²) in [6, 6.07) is 3.04. The molecule has 1 N–H and O–H groups in total. The van der Waals surface area contributed by atoms with Crippen LogP contribution in [-0.4, -0.2) is 44.9 Å². The Balaban J connectivity index is 2.26. The second kappa shape index (κ2) is 7.62. The van der Waals surface area contributed by atoms with Crippen molar-refractivity contribution in [3.8, 4) is 11.5 Å². The molecule has 2 amide bonds.